The molecule has 1 aliphatic heterocycles. The predicted molar refractivity (Wildman–Crippen MR) is 122 cm³/mol. The van der Waals surface area contributed by atoms with Crippen LogP contribution in [0.4, 0.5) is 15.9 Å². The first-order chi connectivity index (χ1) is 15.1. The molecule has 1 aliphatic carbocycles. The lowest BCUT2D eigenvalue weighted by Crippen LogP contribution is -2.34. The van der Waals surface area contributed by atoms with E-state index in [1.807, 2.05) is 6.07 Å². The van der Waals surface area contributed by atoms with E-state index in [0.717, 1.165) is 29.8 Å². The minimum absolute atomic E-state index is 0.352. The first kappa shape index (κ1) is 21.9. The lowest BCUT2D eigenvalue weighted by Gasteiger charge is -2.31. The molecule has 0 spiro atoms. The molecule has 2 aromatic rings. The zero-order valence-electron chi connectivity index (χ0n) is 17.6. The molecule has 2 aliphatic rings. The summed E-state index contributed by atoms with van der Waals surface area (Å²) in [6, 6.07) is 9.69. The summed E-state index contributed by atoms with van der Waals surface area (Å²) in [5.41, 5.74) is 1.44. The van der Waals surface area contributed by atoms with Gasteiger partial charge >= 0.3 is 0 Å². The minimum Gasteiger partial charge on any atom is -0.381 e. The Bertz CT molecular complexity index is 949. The maximum Gasteiger partial charge on any atom is 0.146 e. The van der Waals surface area contributed by atoms with Crippen LogP contribution in [-0.4, -0.2) is 30.8 Å². The third-order valence-electron chi connectivity index (χ3n) is 6.39. The van der Waals surface area contributed by atoms with Gasteiger partial charge in [-0.3, -0.25) is 0 Å². The maximum atomic E-state index is 14.5. The molecule has 1 saturated heterocycles. The van der Waals surface area contributed by atoms with Gasteiger partial charge in [-0.25, -0.2) is 9.37 Å². The van der Waals surface area contributed by atoms with Crippen molar-refractivity contribution >= 4 is 23.1 Å². The van der Waals surface area contributed by atoms with E-state index in [0.29, 0.717) is 49.4 Å². The topological polar surface area (TPSA) is 70.0 Å². The number of halogens is 2. The maximum absolute atomic E-state index is 14.5. The van der Waals surface area contributed by atoms with Crippen molar-refractivity contribution in [3.63, 3.8) is 0 Å². The van der Waals surface area contributed by atoms with Crippen LogP contribution in [0, 0.1) is 22.6 Å². The lowest BCUT2D eigenvalue weighted by molar-refractivity contribution is 0.0456. The van der Waals surface area contributed by atoms with Crippen LogP contribution in [0.2, 0.25) is 5.02 Å². The summed E-state index contributed by atoms with van der Waals surface area (Å²) in [6.45, 7) is 1.49. The molecule has 0 radical (unpaired) electrons. The summed E-state index contributed by atoms with van der Waals surface area (Å²) < 4.78 is 19.9. The van der Waals surface area contributed by atoms with Gasteiger partial charge in [-0.1, -0.05) is 36.9 Å². The molecule has 2 heterocycles. The molecular formula is C24H28ClFN4O. The van der Waals surface area contributed by atoms with Crippen molar-refractivity contribution in [3.05, 3.63) is 41.3 Å². The standard InChI is InChI=1S/C24H28ClFN4O/c25-20-14-28-23(30-18-4-2-1-3-5-18)13-19(20)17-6-7-21(26)22(12-17)29-16-24(15-27)8-10-31-11-9-24/h6-7,12-14,18,29H,1-5,8-11,16H2,(H,28,30). The number of rotatable bonds is 6. The van der Waals surface area contributed by atoms with Crippen molar-refractivity contribution in [2.45, 2.75) is 51.0 Å². The summed E-state index contributed by atoms with van der Waals surface area (Å²) >= 11 is 6.45. The smallest absolute Gasteiger partial charge is 0.146 e. The molecule has 5 nitrogen and oxygen atoms in total. The highest BCUT2D eigenvalue weighted by Gasteiger charge is 2.32. The molecule has 7 heteroatoms. The molecule has 164 valence electrons. The Morgan fingerprint density at radius 2 is 1.97 bits per heavy atom. The highest BCUT2D eigenvalue weighted by molar-refractivity contribution is 6.33. The molecule has 1 aromatic carbocycles. The summed E-state index contributed by atoms with van der Waals surface area (Å²) in [6.07, 6.45) is 9.00. The van der Waals surface area contributed by atoms with E-state index < -0.39 is 5.41 Å². The van der Waals surface area contributed by atoms with Crippen molar-refractivity contribution in [3.8, 4) is 17.2 Å². The molecule has 2 fully saturated rings. The normalized spacial score (nSPS) is 18.9. The molecule has 0 bridgehead atoms. The minimum atomic E-state index is -0.536. The van der Waals surface area contributed by atoms with E-state index in [1.54, 1.807) is 18.3 Å². The second-order valence-corrected chi connectivity index (χ2v) is 8.99. The molecule has 1 aromatic heterocycles. The second kappa shape index (κ2) is 9.84. The average molecular weight is 443 g/mol. The highest BCUT2D eigenvalue weighted by Crippen LogP contribution is 2.34. The molecule has 31 heavy (non-hydrogen) atoms. The van der Waals surface area contributed by atoms with Crippen LogP contribution in [0.25, 0.3) is 11.1 Å². The Morgan fingerprint density at radius 3 is 2.71 bits per heavy atom. The molecule has 0 unspecified atom stereocenters. The van der Waals surface area contributed by atoms with Crippen LogP contribution in [0.5, 0.6) is 0 Å². The van der Waals surface area contributed by atoms with Crippen LogP contribution in [0.3, 0.4) is 0 Å². The first-order valence-corrected chi connectivity index (χ1v) is 11.4. The van der Waals surface area contributed by atoms with Crippen molar-refractivity contribution in [2.24, 2.45) is 5.41 Å². The fourth-order valence-corrected chi connectivity index (χ4v) is 4.59. The van der Waals surface area contributed by atoms with Crippen LogP contribution in [0.15, 0.2) is 30.5 Å². The number of hydrogen-bond acceptors (Lipinski definition) is 5. The van der Waals surface area contributed by atoms with Crippen molar-refractivity contribution in [1.29, 1.82) is 5.26 Å². The number of anilines is 2. The van der Waals surface area contributed by atoms with Crippen molar-refractivity contribution in [1.82, 2.24) is 4.98 Å². The van der Waals surface area contributed by atoms with Gasteiger partial charge in [0.25, 0.3) is 0 Å². The number of nitriles is 1. The van der Waals surface area contributed by atoms with Gasteiger partial charge in [0.2, 0.25) is 0 Å². The summed E-state index contributed by atoms with van der Waals surface area (Å²) in [5, 5.41) is 16.8. The van der Waals surface area contributed by atoms with Crippen molar-refractivity contribution < 1.29 is 9.13 Å². The van der Waals surface area contributed by atoms with Crippen LogP contribution in [0.1, 0.15) is 44.9 Å². The molecule has 0 amide bonds. The Balaban J connectivity index is 1.53. The number of benzene rings is 1. The molecule has 2 N–H and O–H groups in total. The van der Waals surface area contributed by atoms with Crippen LogP contribution >= 0.6 is 11.6 Å². The van der Waals surface area contributed by atoms with Gasteiger partial charge in [0.15, 0.2) is 0 Å². The van der Waals surface area contributed by atoms with Gasteiger partial charge in [0, 0.05) is 37.6 Å². The van der Waals surface area contributed by atoms with Crippen molar-refractivity contribution in [2.75, 3.05) is 30.4 Å². The number of aromatic nitrogens is 1. The fraction of sp³-hybridized carbons (Fsp3) is 0.500. The average Bonchev–Trinajstić information content (AvgIpc) is 2.81. The Labute approximate surface area is 188 Å². The van der Waals surface area contributed by atoms with E-state index >= 15 is 0 Å². The number of ether oxygens (including phenoxy) is 1. The van der Waals surface area contributed by atoms with Gasteiger partial charge in [0.05, 0.1) is 22.2 Å². The van der Waals surface area contributed by atoms with Gasteiger partial charge < -0.3 is 15.4 Å². The number of hydrogen-bond donors (Lipinski definition) is 2. The van der Waals surface area contributed by atoms with Crippen LogP contribution in [-0.2, 0) is 4.74 Å². The number of nitrogens with zero attached hydrogens (tertiary/aromatic N) is 2. The summed E-state index contributed by atoms with van der Waals surface area (Å²) in [7, 11) is 0. The number of pyridine rings is 1. The third-order valence-corrected chi connectivity index (χ3v) is 6.70. The summed E-state index contributed by atoms with van der Waals surface area (Å²) in [4.78, 5) is 4.44. The monoisotopic (exact) mass is 442 g/mol. The second-order valence-electron chi connectivity index (χ2n) is 8.58. The highest BCUT2D eigenvalue weighted by atomic mass is 35.5. The van der Waals surface area contributed by atoms with E-state index in [4.69, 9.17) is 16.3 Å². The number of nitrogens with one attached hydrogen (secondary N) is 2. The fourth-order valence-electron chi connectivity index (χ4n) is 4.38. The molecular weight excluding hydrogens is 415 g/mol. The quantitative estimate of drug-likeness (QED) is 0.572. The zero-order valence-corrected chi connectivity index (χ0v) is 18.3. The molecule has 1 saturated carbocycles. The third kappa shape index (κ3) is 5.28. The van der Waals surface area contributed by atoms with Gasteiger partial charge in [-0.2, -0.15) is 5.26 Å². The molecule has 0 atom stereocenters. The lowest BCUT2D eigenvalue weighted by atomic mass is 9.81. The van der Waals surface area contributed by atoms with E-state index in [-0.39, 0.29) is 5.82 Å². The van der Waals surface area contributed by atoms with Gasteiger partial charge in [-0.15, -0.1) is 0 Å². The van der Waals surface area contributed by atoms with E-state index in [9.17, 15) is 9.65 Å². The largest absolute Gasteiger partial charge is 0.381 e. The SMILES string of the molecule is N#CC1(CNc2cc(-c3cc(NC4CCCCC4)ncc3Cl)ccc2F)CCOCC1. The zero-order chi connectivity index (χ0) is 21.7. The Morgan fingerprint density at radius 1 is 1.19 bits per heavy atom. The van der Waals surface area contributed by atoms with E-state index in [2.05, 4.69) is 21.7 Å². The van der Waals surface area contributed by atoms with Gasteiger partial charge in [0.1, 0.15) is 11.6 Å². The van der Waals surface area contributed by atoms with Gasteiger partial charge in [-0.05, 0) is 49.4 Å². The Kier molecular flexibility index (Phi) is 6.94. The Hall–Kier alpha value is -2.36. The molecule has 4 rings (SSSR count). The van der Waals surface area contributed by atoms with E-state index in [1.165, 1.54) is 25.3 Å². The predicted octanol–water partition coefficient (Wildman–Crippen LogP) is 6.02. The summed E-state index contributed by atoms with van der Waals surface area (Å²) in [5.74, 6) is 0.436. The van der Waals surface area contributed by atoms with Crippen LogP contribution < -0.4 is 10.6 Å². The first-order valence-electron chi connectivity index (χ1n) is 11.0.